The average molecular weight is 202 g/mol. The van der Waals surface area contributed by atoms with Crippen LogP contribution in [0.15, 0.2) is 0 Å². The molecular weight excluding hydrogens is 192 g/mol. The maximum absolute atomic E-state index is 11.1. The van der Waals surface area contributed by atoms with E-state index in [-0.39, 0.29) is 0 Å². The highest BCUT2D eigenvalue weighted by Gasteiger charge is 2.49. The first-order valence-electron chi connectivity index (χ1n) is 3.91. The van der Waals surface area contributed by atoms with Crippen LogP contribution in [0.4, 0.5) is 0 Å². The Morgan fingerprint density at radius 3 is 2.36 bits per heavy atom. The number of rotatable bonds is 4. The predicted molar refractivity (Wildman–Crippen MR) is 43.1 cm³/mol. The lowest BCUT2D eigenvalue weighted by atomic mass is 10.2. The average Bonchev–Trinajstić information content (AvgIpc) is 2.81. The van der Waals surface area contributed by atoms with Gasteiger partial charge in [-0.05, 0) is 6.92 Å². The highest BCUT2D eigenvalue weighted by Crippen LogP contribution is 2.21. The van der Waals surface area contributed by atoms with Crippen LogP contribution in [0.1, 0.15) is 6.92 Å². The minimum absolute atomic E-state index is 0.635. The molecule has 1 fully saturated rings. The number of carbonyl (C=O) groups excluding carboxylic acids is 2. The summed E-state index contributed by atoms with van der Waals surface area (Å²) in [4.78, 5) is 32.0. The van der Waals surface area contributed by atoms with Crippen molar-refractivity contribution in [2.45, 2.75) is 25.2 Å². The van der Waals surface area contributed by atoms with Crippen LogP contribution < -0.4 is 11.1 Å². The topological polar surface area (TPSA) is 122 Å². The molecule has 1 heterocycles. The monoisotopic (exact) mass is 202 g/mol. The van der Waals surface area contributed by atoms with Crippen LogP contribution in [0.2, 0.25) is 0 Å². The van der Waals surface area contributed by atoms with Crippen molar-refractivity contribution in [2.75, 3.05) is 0 Å². The van der Waals surface area contributed by atoms with Gasteiger partial charge < -0.3 is 20.9 Å². The molecule has 0 aliphatic carbocycles. The van der Waals surface area contributed by atoms with Crippen molar-refractivity contribution >= 4 is 17.8 Å². The van der Waals surface area contributed by atoms with Gasteiger partial charge in [0, 0.05) is 0 Å². The minimum Gasteiger partial charge on any atom is -0.480 e. The Morgan fingerprint density at radius 2 is 2.00 bits per heavy atom. The number of epoxide rings is 1. The van der Waals surface area contributed by atoms with Gasteiger partial charge in [-0.1, -0.05) is 0 Å². The number of primary amides is 1. The molecule has 0 aromatic rings. The number of hydrogen-bond acceptors (Lipinski definition) is 4. The van der Waals surface area contributed by atoms with E-state index < -0.39 is 36.0 Å². The lowest BCUT2D eigenvalue weighted by molar-refractivity contribution is -0.141. The molecule has 3 atom stereocenters. The highest BCUT2D eigenvalue weighted by molar-refractivity contribution is 5.95. The summed E-state index contributed by atoms with van der Waals surface area (Å²) >= 11 is 0. The van der Waals surface area contributed by atoms with E-state index in [4.69, 9.17) is 10.8 Å². The molecule has 0 saturated carbocycles. The molecule has 1 aliphatic rings. The summed E-state index contributed by atoms with van der Waals surface area (Å²) in [5.41, 5.74) is 4.86. The van der Waals surface area contributed by atoms with Gasteiger partial charge in [0.1, 0.15) is 6.04 Å². The third-order valence-corrected chi connectivity index (χ3v) is 1.76. The zero-order chi connectivity index (χ0) is 10.9. The quantitative estimate of drug-likeness (QED) is 0.448. The van der Waals surface area contributed by atoms with Crippen molar-refractivity contribution in [3.05, 3.63) is 0 Å². The Balaban J connectivity index is 2.38. The third-order valence-electron chi connectivity index (χ3n) is 1.76. The van der Waals surface area contributed by atoms with Crippen molar-refractivity contribution < 1.29 is 24.2 Å². The molecule has 0 aromatic heterocycles. The molecule has 14 heavy (non-hydrogen) atoms. The maximum atomic E-state index is 11.1. The van der Waals surface area contributed by atoms with Crippen molar-refractivity contribution in [3.63, 3.8) is 0 Å². The van der Waals surface area contributed by atoms with Crippen LogP contribution in [0.5, 0.6) is 0 Å². The summed E-state index contributed by atoms with van der Waals surface area (Å²) in [7, 11) is 0. The smallest absolute Gasteiger partial charge is 0.325 e. The van der Waals surface area contributed by atoms with Crippen LogP contribution in [0.3, 0.4) is 0 Å². The SMILES string of the molecule is CC(NC(=O)C1OC1C(N)=O)C(=O)O. The van der Waals surface area contributed by atoms with Gasteiger partial charge >= 0.3 is 5.97 Å². The summed E-state index contributed by atoms with van der Waals surface area (Å²) in [6.07, 6.45) is -1.86. The van der Waals surface area contributed by atoms with E-state index >= 15 is 0 Å². The van der Waals surface area contributed by atoms with E-state index in [1.54, 1.807) is 0 Å². The Morgan fingerprint density at radius 1 is 1.43 bits per heavy atom. The minimum atomic E-state index is -1.16. The number of nitrogens with one attached hydrogen (secondary N) is 1. The van der Waals surface area contributed by atoms with E-state index in [1.807, 2.05) is 0 Å². The fourth-order valence-electron chi connectivity index (χ4n) is 0.885. The van der Waals surface area contributed by atoms with Crippen molar-refractivity contribution in [3.8, 4) is 0 Å². The van der Waals surface area contributed by atoms with E-state index in [2.05, 4.69) is 10.1 Å². The Labute approximate surface area is 79.2 Å². The number of carboxylic acids is 1. The van der Waals surface area contributed by atoms with Crippen molar-refractivity contribution in [2.24, 2.45) is 5.73 Å². The number of carbonyl (C=O) groups is 3. The van der Waals surface area contributed by atoms with E-state index in [0.29, 0.717) is 0 Å². The van der Waals surface area contributed by atoms with Crippen molar-refractivity contribution in [1.29, 1.82) is 0 Å². The molecule has 1 rings (SSSR count). The molecule has 7 nitrogen and oxygen atoms in total. The largest absolute Gasteiger partial charge is 0.480 e. The van der Waals surface area contributed by atoms with Crippen LogP contribution in [0, 0.1) is 0 Å². The molecule has 0 aromatic carbocycles. The molecule has 4 N–H and O–H groups in total. The molecular formula is C7H10N2O5. The second-order valence-electron chi connectivity index (χ2n) is 2.95. The van der Waals surface area contributed by atoms with Gasteiger partial charge in [-0.2, -0.15) is 0 Å². The van der Waals surface area contributed by atoms with E-state index in [9.17, 15) is 14.4 Å². The maximum Gasteiger partial charge on any atom is 0.325 e. The first-order chi connectivity index (χ1) is 6.43. The summed E-state index contributed by atoms with van der Waals surface area (Å²) in [5.74, 6) is -2.52. The normalized spacial score (nSPS) is 26.4. The molecule has 1 aliphatic heterocycles. The second-order valence-corrected chi connectivity index (χ2v) is 2.95. The van der Waals surface area contributed by atoms with Gasteiger partial charge in [-0.15, -0.1) is 0 Å². The number of aliphatic carboxylic acids is 1. The van der Waals surface area contributed by atoms with E-state index in [0.717, 1.165) is 0 Å². The highest BCUT2D eigenvalue weighted by atomic mass is 16.6. The number of nitrogens with two attached hydrogens (primary N) is 1. The first kappa shape index (κ1) is 10.5. The third kappa shape index (κ3) is 2.19. The van der Waals surface area contributed by atoms with Crippen molar-refractivity contribution in [1.82, 2.24) is 5.32 Å². The molecule has 3 unspecified atom stereocenters. The number of ether oxygens (including phenoxy) is 1. The molecule has 1 saturated heterocycles. The lowest BCUT2D eigenvalue weighted by Crippen LogP contribution is -2.41. The second kappa shape index (κ2) is 3.62. The molecule has 2 amide bonds. The van der Waals surface area contributed by atoms with Crippen LogP contribution in [0.25, 0.3) is 0 Å². The summed E-state index contributed by atoms with van der Waals surface area (Å²) in [5, 5.41) is 10.6. The van der Waals surface area contributed by atoms with Crippen LogP contribution >= 0.6 is 0 Å². The Hall–Kier alpha value is -1.63. The Bertz CT molecular complexity index is 290. The number of carboxylic acid groups (broad SMARTS) is 1. The fourth-order valence-corrected chi connectivity index (χ4v) is 0.885. The van der Waals surface area contributed by atoms with Gasteiger partial charge in [-0.25, -0.2) is 0 Å². The van der Waals surface area contributed by atoms with Gasteiger partial charge in [0.05, 0.1) is 0 Å². The van der Waals surface area contributed by atoms with Crippen LogP contribution in [-0.2, 0) is 19.1 Å². The van der Waals surface area contributed by atoms with Gasteiger partial charge in [0.15, 0.2) is 12.2 Å². The zero-order valence-corrected chi connectivity index (χ0v) is 7.39. The number of hydrogen-bond donors (Lipinski definition) is 3. The molecule has 0 radical (unpaired) electrons. The molecule has 7 heteroatoms. The summed E-state index contributed by atoms with van der Waals surface area (Å²) < 4.78 is 4.64. The standard InChI is InChI=1S/C7H10N2O5/c1-2(7(12)13)9-6(11)4-3(14-4)5(8)10/h2-4H,1H3,(H2,8,10)(H,9,11)(H,12,13). The number of amides is 2. The predicted octanol–water partition coefficient (Wildman–Crippen LogP) is -2.17. The van der Waals surface area contributed by atoms with Gasteiger partial charge in [0.2, 0.25) is 5.91 Å². The van der Waals surface area contributed by atoms with E-state index in [1.165, 1.54) is 6.92 Å². The zero-order valence-electron chi connectivity index (χ0n) is 7.39. The summed E-state index contributed by atoms with van der Waals surface area (Å²) in [6.45, 7) is 1.31. The molecule has 0 spiro atoms. The lowest BCUT2D eigenvalue weighted by Gasteiger charge is -2.06. The fraction of sp³-hybridized carbons (Fsp3) is 0.571. The molecule has 78 valence electrons. The van der Waals surface area contributed by atoms with Crippen LogP contribution in [-0.4, -0.2) is 41.1 Å². The summed E-state index contributed by atoms with van der Waals surface area (Å²) in [6, 6.07) is -1.01. The first-order valence-corrected chi connectivity index (χ1v) is 3.91. The van der Waals surface area contributed by atoms with Gasteiger partial charge in [-0.3, -0.25) is 14.4 Å². The van der Waals surface area contributed by atoms with Gasteiger partial charge in [0.25, 0.3) is 5.91 Å². The molecule has 0 bridgehead atoms. The Kier molecular flexibility index (Phi) is 2.70.